The van der Waals surface area contributed by atoms with Gasteiger partial charge in [-0.05, 0) is 13.0 Å². The summed E-state index contributed by atoms with van der Waals surface area (Å²) in [6.07, 6.45) is 0. The van der Waals surface area contributed by atoms with Crippen molar-refractivity contribution < 1.29 is 14.7 Å². The molecule has 7 nitrogen and oxygen atoms in total. The van der Waals surface area contributed by atoms with E-state index in [0.29, 0.717) is 30.8 Å². The van der Waals surface area contributed by atoms with Crippen LogP contribution in [0.2, 0.25) is 0 Å². The summed E-state index contributed by atoms with van der Waals surface area (Å²) in [6, 6.07) is 10.2. The number of benzene rings is 1. The van der Waals surface area contributed by atoms with Gasteiger partial charge < -0.3 is 24.5 Å². The van der Waals surface area contributed by atoms with Crippen molar-refractivity contribution in [1.82, 2.24) is 15.0 Å². The standard InChI is InChI=1S/C17H24N4O3/c1-20(7-8-22)9-14-10-21(11-15(14)12-23)17-18-16(19-24-17)13-5-3-2-4-6-13/h2-6,14-15,22-23H,7-12H2,1H3/t14-,15-/m1/s1. The van der Waals surface area contributed by atoms with Crippen molar-refractivity contribution in [2.24, 2.45) is 11.8 Å². The summed E-state index contributed by atoms with van der Waals surface area (Å²) < 4.78 is 5.43. The van der Waals surface area contributed by atoms with Gasteiger partial charge in [-0.25, -0.2) is 0 Å². The molecule has 2 heterocycles. The van der Waals surface area contributed by atoms with Crippen LogP contribution in [0.4, 0.5) is 6.01 Å². The molecule has 0 unspecified atom stereocenters. The lowest BCUT2D eigenvalue weighted by Crippen LogP contribution is -2.33. The first-order valence-corrected chi connectivity index (χ1v) is 8.25. The third-order valence-electron chi connectivity index (χ3n) is 4.56. The molecule has 3 rings (SSSR count). The van der Waals surface area contributed by atoms with Gasteiger partial charge >= 0.3 is 6.01 Å². The average Bonchev–Trinajstić information content (AvgIpc) is 3.22. The van der Waals surface area contributed by atoms with E-state index in [0.717, 1.165) is 18.7 Å². The number of hydrogen-bond donors (Lipinski definition) is 2. The number of aromatic nitrogens is 2. The molecule has 0 saturated carbocycles. The van der Waals surface area contributed by atoms with E-state index in [-0.39, 0.29) is 19.1 Å². The van der Waals surface area contributed by atoms with Crippen LogP contribution in [0, 0.1) is 11.8 Å². The maximum absolute atomic E-state index is 9.67. The lowest BCUT2D eigenvalue weighted by atomic mass is 9.96. The van der Waals surface area contributed by atoms with Crippen molar-refractivity contribution in [3.05, 3.63) is 30.3 Å². The van der Waals surface area contributed by atoms with Crippen LogP contribution in [0.5, 0.6) is 0 Å². The normalized spacial score (nSPS) is 20.9. The van der Waals surface area contributed by atoms with Crippen LogP contribution in [0.25, 0.3) is 11.4 Å². The van der Waals surface area contributed by atoms with Gasteiger partial charge in [-0.3, -0.25) is 0 Å². The highest BCUT2D eigenvalue weighted by atomic mass is 16.5. The first-order valence-electron chi connectivity index (χ1n) is 8.25. The van der Waals surface area contributed by atoms with E-state index in [1.165, 1.54) is 0 Å². The second kappa shape index (κ2) is 7.74. The largest absolute Gasteiger partial charge is 0.396 e. The van der Waals surface area contributed by atoms with Crippen LogP contribution < -0.4 is 4.90 Å². The maximum atomic E-state index is 9.67. The number of hydrogen-bond acceptors (Lipinski definition) is 7. The van der Waals surface area contributed by atoms with Crippen molar-refractivity contribution in [2.75, 3.05) is 51.3 Å². The smallest absolute Gasteiger partial charge is 0.324 e. The zero-order valence-electron chi connectivity index (χ0n) is 13.9. The number of aliphatic hydroxyl groups is 2. The van der Waals surface area contributed by atoms with Crippen LogP contribution >= 0.6 is 0 Å². The fraction of sp³-hybridized carbons (Fsp3) is 0.529. The van der Waals surface area contributed by atoms with Gasteiger partial charge in [0.05, 0.1) is 6.61 Å². The molecule has 1 aromatic carbocycles. The lowest BCUT2D eigenvalue weighted by Gasteiger charge is -2.22. The van der Waals surface area contributed by atoms with E-state index in [1.54, 1.807) is 0 Å². The SMILES string of the molecule is CN(CCO)C[C@@H]1CN(c2nc(-c3ccccc3)no2)C[C@@H]1CO. The van der Waals surface area contributed by atoms with Gasteiger partial charge in [0.25, 0.3) is 0 Å². The van der Waals surface area contributed by atoms with Crippen LogP contribution in [0.3, 0.4) is 0 Å². The Morgan fingerprint density at radius 3 is 2.67 bits per heavy atom. The second-order valence-electron chi connectivity index (χ2n) is 6.36. The molecule has 1 saturated heterocycles. The summed E-state index contributed by atoms with van der Waals surface area (Å²) in [5.74, 6) is 1.05. The lowest BCUT2D eigenvalue weighted by molar-refractivity contribution is 0.160. The van der Waals surface area contributed by atoms with Crippen LogP contribution in [0.15, 0.2) is 34.9 Å². The molecule has 0 aliphatic carbocycles. The third-order valence-corrected chi connectivity index (χ3v) is 4.56. The Balaban J connectivity index is 1.68. The van der Waals surface area contributed by atoms with Gasteiger partial charge in [0.2, 0.25) is 5.82 Å². The van der Waals surface area contributed by atoms with Crippen LogP contribution in [0.1, 0.15) is 0 Å². The minimum atomic E-state index is 0.133. The molecule has 1 aromatic heterocycles. The minimum absolute atomic E-state index is 0.133. The number of anilines is 1. The summed E-state index contributed by atoms with van der Waals surface area (Å²) in [7, 11) is 1.98. The average molecular weight is 332 g/mol. The maximum Gasteiger partial charge on any atom is 0.324 e. The highest BCUT2D eigenvalue weighted by Crippen LogP contribution is 2.29. The molecule has 2 N–H and O–H groups in total. The van der Waals surface area contributed by atoms with Gasteiger partial charge in [0.15, 0.2) is 0 Å². The van der Waals surface area contributed by atoms with Gasteiger partial charge in [0.1, 0.15) is 0 Å². The molecular formula is C17H24N4O3. The number of aliphatic hydroxyl groups excluding tert-OH is 2. The summed E-state index contributed by atoms with van der Waals surface area (Å²) in [4.78, 5) is 8.62. The van der Waals surface area contributed by atoms with Crippen molar-refractivity contribution in [2.45, 2.75) is 0 Å². The zero-order chi connectivity index (χ0) is 16.9. The zero-order valence-corrected chi connectivity index (χ0v) is 13.9. The molecule has 0 spiro atoms. The van der Waals surface area contributed by atoms with Gasteiger partial charge in [0, 0.05) is 44.3 Å². The predicted octanol–water partition coefficient (Wildman–Crippen LogP) is 0.705. The second-order valence-corrected chi connectivity index (χ2v) is 6.36. The van der Waals surface area contributed by atoms with Gasteiger partial charge in [-0.15, -0.1) is 0 Å². The Hall–Kier alpha value is -1.96. The molecular weight excluding hydrogens is 308 g/mol. The fourth-order valence-electron chi connectivity index (χ4n) is 3.22. The highest BCUT2D eigenvalue weighted by molar-refractivity contribution is 5.55. The Morgan fingerprint density at radius 2 is 1.96 bits per heavy atom. The topological polar surface area (TPSA) is 85.9 Å². The molecule has 0 bridgehead atoms. The monoisotopic (exact) mass is 332 g/mol. The van der Waals surface area contributed by atoms with E-state index in [1.807, 2.05) is 42.3 Å². The molecule has 130 valence electrons. The van der Waals surface area contributed by atoms with Crippen molar-refractivity contribution >= 4 is 6.01 Å². The summed E-state index contributed by atoms with van der Waals surface area (Å²) in [6.45, 7) is 3.19. The Labute approximate surface area is 141 Å². The van der Waals surface area contributed by atoms with Crippen molar-refractivity contribution in [1.29, 1.82) is 0 Å². The molecule has 7 heteroatoms. The summed E-state index contributed by atoms with van der Waals surface area (Å²) >= 11 is 0. The quantitative estimate of drug-likeness (QED) is 0.772. The Kier molecular flexibility index (Phi) is 5.44. The fourth-order valence-corrected chi connectivity index (χ4v) is 3.22. The molecule has 0 radical (unpaired) electrons. The van der Waals surface area contributed by atoms with E-state index in [2.05, 4.69) is 15.0 Å². The van der Waals surface area contributed by atoms with E-state index in [9.17, 15) is 5.11 Å². The number of rotatable bonds is 7. The third kappa shape index (κ3) is 3.75. The van der Waals surface area contributed by atoms with Gasteiger partial charge in [-0.2, -0.15) is 4.98 Å². The highest BCUT2D eigenvalue weighted by Gasteiger charge is 2.35. The molecule has 2 atom stereocenters. The first kappa shape index (κ1) is 16.9. The van der Waals surface area contributed by atoms with Gasteiger partial charge in [-0.1, -0.05) is 35.5 Å². The molecule has 2 aromatic rings. The molecule has 24 heavy (non-hydrogen) atoms. The van der Waals surface area contributed by atoms with E-state index < -0.39 is 0 Å². The summed E-state index contributed by atoms with van der Waals surface area (Å²) in [5.41, 5.74) is 0.921. The molecule has 0 amide bonds. The van der Waals surface area contributed by atoms with Crippen molar-refractivity contribution in [3.8, 4) is 11.4 Å². The minimum Gasteiger partial charge on any atom is -0.396 e. The molecule has 1 aliphatic heterocycles. The summed E-state index contributed by atoms with van der Waals surface area (Å²) in [5, 5.41) is 22.8. The molecule has 1 aliphatic rings. The van der Waals surface area contributed by atoms with E-state index in [4.69, 9.17) is 9.63 Å². The number of likely N-dealkylation sites (N-methyl/N-ethyl adjacent to an activating group) is 1. The Bertz CT molecular complexity index is 634. The molecule has 1 fully saturated rings. The van der Waals surface area contributed by atoms with Crippen LogP contribution in [-0.2, 0) is 0 Å². The van der Waals surface area contributed by atoms with E-state index >= 15 is 0 Å². The van der Waals surface area contributed by atoms with Crippen LogP contribution in [-0.4, -0.2) is 71.7 Å². The van der Waals surface area contributed by atoms with Crippen molar-refractivity contribution in [3.63, 3.8) is 0 Å². The Morgan fingerprint density at radius 1 is 1.21 bits per heavy atom. The number of nitrogens with zero attached hydrogens (tertiary/aromatic N) is 4. The first-order chi connectivity index (χ1) is 11.7. The predicted molar refractivity (Wildman–Crippen MR) is 90.6 cm³/mol.